The third-order valence-electron chi connectivity index (χ3n) is 2.50. The minimum Gasteiger partial charge on any atom is -0.337 e. The van der Waals surface area contributed by atoms with E-state index in [9.17, 15) is 4.79 Å². The molecule has 0 spiro atoms. The van der Waals surface area contributed by atoms with Crippen LogP contribution in [0.1, 0.15) is 0 Å². The molecule has 2 N–H and O–H groups in total. The number of carbonyl (C=O) groups is 1. The van der Waals surface area contributed by atoms with Crippen molar-refractivity contribution >= 4 is 35.1 Å². The Morgan fingerprint density at radius 3 is 2.45 bits per heavy atom. The quantitative estimate of drug-likeness (QED) is 0.640. The fourth-order valence-electron chi connectivity index (χ4n) is 1.56. The summed E-state index contributed by atoms with van der Waals surface area (Å²) in [5, 5.41) is 6.32. The van der Waals surface area contributed by atoms with Gasteiger partial charge in [0, 0.05) is 27.9 Å². The van der Waals surface area contributed by atoms with Gasteiger partial charge in [-0.05, 0) is 36.4 Å². The lowest BCUT2D eigenvalue weighted by atomic mass is 10.3. The fourth-order valence-corrected chi connectivity index (χ4v) is 2.46. The van der Waals surface area contributed by atoms with E-state index in [4.69, 9.17) is 11.6 Å². The van der Waals surface area contributed by atoms with E-state index in [2.05, 4.69) is 10.6 Å². The van der Waals surface area contributed by atoms with E-state index in [1.54, 1.807) is 11.8 Å². The Morgan fingerprint density at radius 2 is 1.75 bits per heavy atom. The Labute approximate surface area is 127 Å². The van der Waals surface area contributed by atoms with E-state index in [0.29, 0.717) is 6.54 Å². The molecule has 0 aliphatic carbocycles. The molecule has 0 bridgehead atoms. The molecule has 2 rings (SSSR count). The smallest absolute Gasteiger partial charge is 0.319 e. The second-order valence-electron chi connectivity index (χ2n) is 4.05. The number of benzene rings is 2. The predicted molar refractivity (Wildman–Crippen MR) is 85.6 cm³/mol. The highest BCUT2D eigenvalue weighted by Crippen LogP contribution is 2.19. The Hall–Kier alpha value is -1.65. The van der Waals surface area contributed by atoms with Gasteiger partial charge in [0.2, 0.25) is 0 Å². The van der Waals surface area contributed by atoms with Crippen LogP contribution in [0.4, 0.5) is 10.5 Å². The van der Waals surface area contributed by atoms with Crippen LogP contribution in [0.2, 0.25) is 5.02 Å². The molecular weight excluding hydrogens is 292 g/mol. The number of thioether (sulfide) groups is 1. The molecule has 0 saturated carbocycles. The number of hydrogen-bond acceptors (Lipinski definition) is 2. The zero-order valence-electron chi connectivity index (χ0n) is 10.8. The van der Waals surface area contributed by atoms with Crippen LogP contribution in [0.15, 0.2) is 59.5 Å². The molecule has 0 unspecified atom stereocenters. The number of halogens is 1. The summed E-state index contributed by atoms with van der Waals surface area (Å²) >= 11 is 7.49. The first-order valence-corrected chi connectivity index (χ1v) is 7.59. The summed E-state index contributed by atoms with van der Waals surface area (Å²) in [6.07, 6.45) is 0. The minimum absolute atomic E-state index is 0.187. The Kier molecular flexibility index (Phi) is 5.77. The molecule has 0 aliphatic heterocycles. The molecule has 0 aliphatic rings. The van der Waals surface area contributed by atoms with Crippen LogP contribution < -0.4 is 10.6 Å². The highest BCUT2D eigenvalue weighted by molar-refractivity contribution is 7.99. The van der Waals surface area contributed by atoms with E-state index >= 15 is 0 Å². The molecule has 0 heterocycles. The summed E-state index contributed by atoms with van der Waals surface area (Å²) in [6.45, 7) is 0.603. The van der Waals surface area contributed by atoms with Gasteiger partial charge in [0.15, 0.2) is 0 Å². The van der Waals surface area contributed by atoms with Crippen LogP contribution in [-0.4, -0.2) is 18.3 Å². The molecule has 0 saturated heterocycles. The zero-order chi connectivity index (χ0) is 14.2. The number of anilines is 1. The van der Waals surface area contributed by atoms with E-state index in [1.165, 1.54) is 0 Å². The van der Waals surface area contributed by atoms with Gasteiger partial charge in [-0.1, -0.05) is 29.8 Å². The van der Waals surface area contributed by atoms with Crippen LogP contribution in [0.3, 0.4) is 0 Å². The molecule has 20 heavy (non-hydrogen) atoms. The molecule has 5 heteroatoms. The molecule has 0 fully saturated rings. The van der Waals surface area contributed by atoms with E-state index in [1.807, 2.05) is 54.6 Å². The lowest BCUT2D eigenvalue weighted by molar-refractivity contribution is 0.252. The minimum atomic E-state index is -0.187. The van der Waals surface area contributed by atoms with Crippen molar-refractivity contribution in [3.63, 3.8) is 0 Å². The second kappa shape index (κ2) is 7.82. The van der Waals surface area contributed by atoms with Gasteiger partial charge in [-0.25, -0.2) is 4.79 Å². The maximum Gasteiger partial charge on any atom is 0.319 e. The number of hydrogen-bond donors (Lipinski definition) is 2. The summed E-state index contributed by atoms with van der Waals surface area (Å²) < 4.78 is 0. The number of para-hydroxylation sites is 1. The highest BCUT2D eigenvalue weighted by atomic mass is 35.5. The third-order valence-corrected chi connectivity index (χ3v) is 3.77. The van der Waals surface area contributed by atoms with Crippen LogP contribution >= 0.6 is 23.4 Å². The van der Waals surface area contributed by atoms with Gasteiger partial charge >= 0.3 is 6.03 Å². The maximum atomic E-state index is 11.6. The van der Waals surface area contributed by atoms with Gasteiger partial charge in [0.25, 0.3) is 0 Å². The summed E-state index contributed by atoms with van der Waals surface area (Å²) in [7, 11) is 0. The first kappa shape index (κ1) is 14.8. The van der Waals surface area contributed by atoms with Crippen LogP contribution in [-0.2, 0) is 0 Å². The number of nitrogens with one attached hydrogen (secondary N) is 2. The topological polar surface area (TPSA) is 41.1 Å². The standard InChI is InChI=1S/C15H15ClN2OS/c16-12-6-8-14(9-7-12)20-11-10-17-15(19)18-13-4-2-1-3-5-13/h1-9H,10-11H2,(H2,17,18,19). The van der Waals surface area contributed by atoms with Crippen molar-refractivity contribution in [2.75, 3.05) is 17.6 Å². The van der Waals surface area contributed by atoms with E-state index < -0.39 is 0 Å². The number of rotatable bonds is 5. The van der Waals surface area contributed by atoms with Gasteiger partial charge in [0.05, 0.1) is 0 Å². The van der Waals surface area contributed by atoms with Crippen molar-refractivity contribution in [1.29, 1.82) is 0 Å². The van der Waals surface area contributed by atoms with Crippen LogP contribution in [0, 0.1) is 0 Å². The first-order chi connectivity index (χ1) is 9.74. The average molecular weight is 307 g/mol. The molecular formula is C15H15ClN2OS. The Bertz CT molecular complexity index is 546. The molecule has 3 nitrogen and oxygen atoms in total. The Morgan fingerprint density at radius 1 is 1.05 bits per heavy atom. The molecule has 2 aromatic rings. The van der Waals surface area contributed by atoms with Gasteiger partial charge in [-0.3, -0.25) is 0 Å². The number of amides is 2. The van der Waals surface area contributed by atoms with Gasteiger partial charge < -0.3 is 10.6 Å². The molecule has 0 atom stereocenters. The van der Waals surface area contributed by atoms with Crippen LogP contribution in [0.5, 0.6) is 0 Å². The first-order valence-electron chi connectivity index (χ1n) is 6.22. The number of urea groups is 1. The molecule has 0 aromatic heterocycles. The molecule has 0 radical (unpaired) electrons. The molecule has 2 aromatic carbocycles. The molecule has 2 amide bonds. The van der Waals surface area contributed by atoms with Gasteiger partial charge in [-0.15, -0.1) is 11.8 Å². The normalized spacial score (nSPS) is 10.1. The maximum absolute atomic E-state index is 11.6. The summed E-state index contributed by atoms with van der Waals surface area (Å²) in [6, 6.07) is 16.8. The average Bonchev–Trinajstić information content (AvgIpc) is 2.46. The summed E-state index contributed by atoms with van der Waals surface area (Å²) in [4.78, 5) is 12.8. The van der Waals surface area contributed by atoms with Gasteiger partial charge in [-0.2, -0.15) is 0 Å². The van der Waals surface area contributed by atoms with Crippen molar-refractivity contribution in [2.24, 2.45) is 0 Å². The highest BCUT2D eigenvalue weighted by Gasteiger charge is 2.00. The second-order valence-corrected chi connectivity index (χ2v) is 5.65. The van der Waals surface area contributed by atoms with E-state index in [0.717, 1.165) is 21.4 Å². The van der Waals surface area contributed by atoms with Crippen molar-refractivity contribution in [3.8, 4) is 0 Å². The summed E-state index contributed by atoms with van der Waals surface area (Å²) in [5.74, 6) is 0.809. The van der Waals surface area contributed by atoms with Crippen molar-refractivity contribution < 1.29 is 4.79 Å². The SMILES string of the molecule is O=C(NCCSc1ccc(Cl)cc1)Nc1ccccc1. The fraction of sp³-hybridized carbons (Fsp3) is 0.133. The largest absolute Gasteiger partial charge is 0.337 e. The monoisotopic (exact) mass is 306 g/mol. The van der Waals surface area contributed by atoms with Gasteiger partial charge in [0.1, 0.15) is 0 Å². The third kappa shape index (κ3) is 5.15. The van der Waals surface area contributed by atoms with E-state index in [-0.39, 0.29) is 6.03 Å². The van der Waals surface area contributed by atoms with Crippen molar-refractivity contribution in [1.82, 2.24) is 5.32 Å². The van der Waals surface area contributed by atoms with Crippen molar-refractivity contribution in [3.05, 3.63) is 59.6 Å². The summed E-state index contributed by atoms with van der Waals surface area (Å²) in [5.41, 5.74) is 0.787. The number of carbonyl (C=O) groups excluding carboxylic acids is 1. The van der Waals surface area contributed by atoms with Crippen molar-refractivity contribution in [2.45, 2.75) is 4.90 Å². The zero-order valence-corrected chi connectivity index (χ0v) is 12.4. The lowest BCUT2D eigenvalue weighted by Gasteiger charge is -2.07. The lowest BCUT2D eigenvalue weighted by Crippen LogP contribution is -2.30. The Balaban J connectivity index is 1.66. The molecule has 104 valence electrons. The predicted octanol–water partition coefficient (Wildman–Crippen LogP) is 4.25. The van der Waals surface area contributed by atoms with Crippen LogP contribution in [0.25, 0.3) is 0 Å².